The fourth-order valence-corrected chi connectivity index (χ4v) is 1.61. The molecule has 3 heteroatoms. The lowest BCUT2D eigenvalue weighted by molar-refractivity contribution is 0.468. The SMILES string of the molecule is NCc1cc(-c2cccc(O)c2)ccc1O. The molecule has 0 amide bonds. The molecule has 0 saturated carbocycles. The molecule has 0 bridgehead atoms. The predicted molar refractivity (Wildman–Crippen MR) is 63.1 cm³/mol. The maximum atomic E-state index is 9.51. The van der Waals surface area contributed by atoms with Gasteiger partial charge in [0.1, 0.15) is 11.5 Å². The van der Waals surface area contributed by atoms with Crippen LogP contribution in [0, 0.1) is 0 Å². The summed E-state index contributed by atoms with van der Waals surface area (Å²) in [6, 6.07) is 12.2. The van der Waals surface area contributed by atoms with Gasteiger partial charge in [0.15, 0.2) is 0 Å². The van der Waals surface area contributed by atoms with Crippen molar-refractivity contribution in [3.05, 3.63) is 48.0 Å². The molecule has 2 rings (SSSR count). The molecule has 3 nitrogen and oxygen atoms in total. The van der Waals surface area contributed by atoms with Gasteiger partial charge in [0.05, 0.1) is 0 Å². The number of hydrogen-bond acceptors (Lipinski definition) is 3. The monoisotopic (exact) mass is 215 g/mol. The molecule has 0 aliphatic carbocycles. The van der Waals surface area contributed by atoms with Gasteiger partial charge in [0.25, 0.3) is 0 Å². The van der Waals surface area contributed by atoms with Crippen molar-refractivity contribution in [2.45, 2.75) is 6.54 Å². The molecule has 0 aliphatic rings. The zero-order chi connectivity index (χ0) is 11.5. The minimum absolute atomic E-state index is 0.200. The molecule has 0 spiro atoms. The van der Waals surface area contributed by atoms with Crippen molar-refractivity contribution < 1.29 is 10.2 Å². The first kappa shape index (κ1) is 10.5. The fourth-order valence-electron chi connectivity index (χ4n) is 1.61. The van der Waals surface area contributed by atoms with Gasteiger partial charge in [-0.15, -0.1) is 0 Å². The lowest BCUT2D eigenvalue weighted by Crippen LogP contribution is -1.96. The Hall–Kier alpha value is -2.00. The molecule has 2 aromatic carbocycles. The first-order valence-corrected chi connectivity index (χ1v) is 5.02. The molecule has 0 unspecified atom stereocenters. The number of phenolic OH excluding ortho intramolecular Hbond substituents is 2. The number of rotatable bonds is 2. The van der Waals surface area contributed by atoms with Crippen molar-refractivity contribution in [1.29, 1.82) is 0 Å². The Morgan fingerprint density at radius 3 is 2.38 bits per heavy atom. The van der Waals surface area contributed by atoms with E-state index in [1.165, 1.54) is 0 Å². The quantitative estimate of drug-likeness (QED) is 0.719. The number of aromatic hydroxyl groups is 2. The van der Waals surface area contributed by atoms with Crippen LogP contribution in [0.15, 0.2) is 42.5 Å². The normalized spacial score (nSPS) is 10.3. The van der Waals surface area contributed by atoms with E-state index in [1.807, 2.05) is 12.1 Å². The van der Waals surface area contributed by atoms with Crippen LogP contribution in [0.5, 0.6) is 11.5 Å². The Morgan fingerprint density at radius 2 is 1.69 bits per heavy atom. The summed E-state index contributed by atoms with van der Waals surface area (Å²) in [7, 11) is 0. The van der Waals surface area contributed by atoms with Crippen LogP contribution in [0.3, 0.4) is 0 Å². The molecule has 16 heavy (non-hydrogen) atoms. The summed E-state index contributed by atoms with van der Waals surface area (Å²) >= 11 is 0. The van der Waals surface area contributed by atoms with E-state index in [1.54, 1.807) is 30.3 Å². The maximum absolute atomic E-state index is 9.51. The topological polar surface area (TPSA) is 66.5 Å². The van der Waals surface area contributed by atoms with Crippen LogP contribution in [0.4, 0.5) is 0 Å². The molecule has 0 saturated heterocycles. The van der Waals surface area contributed by atoms with Crippen LogP contribution in [-0.2, 0) is 6.54 Å². The number of phenols is 2. The summed E-state index contributed by atoms with van der Waals surface area (Å²) in [5.74, 6) is 0.422. The zero-order valence-electron chi connectivity index (χ0n) is 8.72. The second kappa shape index (κ2) is 4.24. The van der Waals surface area contributed by atoms with Gasteiger partial charge in [-0.05, 0) is 35.4 Å². The molecule has 2 aromatic rings. The second-order valence-electron chi connectivity index (χ2n) is 3.60. The Labute approximate surface area is 93.8 Å². The van der Waals surface area contributed by atoms with Crippen LogP contribution in [0.1, 0.15) is 5.56 Å². The average Bonchev–Trinajstić information content (AvgIpc) is 2.29. The van der Waals surface area contributed by atoms with Gasteiger partial charge in [-0.25, -0.2) is 0 Å². The summed E-state index contributed by atoms with van der Waals surface area (Å²) in [5, 5.41) is 18.9. The first-order valence-electron chi connectivity index (χ1n) is 5.02. The second-order valence-corrected chi connectivity index (χ2v) is 3.60. The van der Waals surface area contributed by atoms with E-state index in [0.29, 0.717) is 12.1 Å². The number of hydrogen-bond donors (Lipinski definition) is 3. The Kier molecular flexibility index (Phi) is 2.79. The van der Waals surface area contributed by atoms with Gasteiger partial charge in [-0.3, -0.25) is 0 Å². The highest BCUT2D eigenvalue weighted by Crippen LogP contribution is 2.27. The molecule has 0 radical (unpaired) electrons. The van der Waals surface area contributed by atoms with Gasteiger partial charge in [0, 0.05) is 12.1 Å². The molecule has 0 fully saturated rings. The summed E-state index contributed by atoms with van der Waals surface area (Å²) < 4.78 is 0. The predicted octanol–water partition coefficient (Wildman–Crippen LogP) is 2.22. The van der Waals surface area contributed by atoms with Crippen molar-refractivity contribution >= 4 is 0 Å². The molecular weight excluding hydrogens is 202 g/mol. The van der Waals surface area contributed by atoms with E-state index < -0.39 is 0 Å². The van der Waals surface area contributed by atoms with Gasteiger partial charge in [-0.1, -0.05) is 18.2 Å². The number of benzene rings is 2. The van der Waals surface area contributed by atoms with Gasteiger partial charge < -0.3 is 15.9 Å². The van der Waals surface area contributed by atoms with Crippen LogP contribution >= 0.6 is 0 Å². The minimum Gasteiger partial charge on any atom is -0.508 e. The summed E-state index contributed by atoms with van der Waals surface area (Å²) in [6.45, 7) is 0.290. The van der Waals surface area contributed by atoms with E-state index in [-0.39, 0.29) is 11.5 Å². The Bertz CT molecular complexity index is 509. The number of nitrogens with two attached hydrogens (primary N) is 1. The van der Waals surface area contributed by atoms with Crippen molar-refractivity contribution in [3.8, 4) is 22.6 Å². The van der Waals surface area contributed by atoms with E-state index >= 15 is 0 Å². The molecule has 0 heterocycles. The fraction of sp³-hybridized carbons (Fsp3) is 0.0769. The van der Waals surface area contributed by atoms with Crippen LogP contribution in [0.2, 0.25) is 0 Å². The van der Waals surface area contributed by atoms with Gasteiger partial charge in [0.2, 0.25) is 0 Å². The molecule has 0 atom stereocenters. The van der Waals surface area contributed by atoms with Crippen molar-refractivity contribution in [1.82, 2.24) is 0 Å². The molecule has 0 aromatic heterocycles. The van der Waals surface area contributed by atoms with E-state index in [9.17, 15) is 10.2 Å². The summed E-state index contributed by atoms with van der Waals surface area (Å²) in [4.78, 5) is 0. The van der Waals surface area contributed by atoms with E-state index in [0.717, 1.165) is 11.1 Å². The molecular formula is C13H13NO2. The highest BCUT2D eigenvalue weighted by molar-refractivity contribution is 5.66. The van der Waals surface area contributed by atoms with Crippen LogP contribution in [0.25, 0.3) is 11.1 Å². The highest BCUT2D eigenvalue weighted by Gasteiger charge is 2.03. The third-order valence-corrected chi connectivity index (χ3v) is 2.48. The third-order valence-electron chi connectivity index (χ3n) is 2.48. The van der Waals surface area contributed by atoms with E-state index in [4.69, 9.17) is 5.73 Å². The smallest absolute Gasteiger partial charge is 0.120 e. The van der Waals surface area contributed by atoms with Crippen molar-refractivity contribution in [3.63, 3.8) is 0 Å². The molecule has 82 valence electrons. The highest BCUT2D eigenvalue weighted by atomic mass is 16.3. The van der Waals surface area contributed by atoms with Crippen molar-refractivity contribution in [2.24, 2.45) is 5.73 Å². The van der Waals surface area contributed by atoms with Crippen molar-refractivity contribution in [2.75, 3.05) is 0 Å². The molecule has 4 N–H and O–H groups in total. The first-order chi connectivity index (χ1) is 7.70. The van der Waals surface area contributed by atoms with Crippen LogP contribution in [-0.4, -0.2) is 10.2 Å². The third kappa shape index (κ3) is 1.99. The zero-order valence-corrected chi connectivity index (χ0v) is 8.72. The molecule has 0 aliphatic heterocycles. The lowest BCUT2D eigenvalue weighted by Gasteiger charge is -2.06. The largest absolute Gasteiger partial charge is 0.508 e. The van der Waals surface area contributed by atoms with Crippen LogP contribution < -0.4 is 5.73 Å². The van der Waals surface area contributed by atoms with E-state index in [2.05, 4.69) is 0 Å². The minimum atomic E-state index is 0.200. The standard InChI is InChI=1S/C13H13NO2/c14-8-11-6-10(4-5-13(11)16)9-2-1-3-12(15)7-9/h1-7,15-16H,8,14H2. The van der Waals surface area contributed by atoms with Gasteiger partial charge in [-0.2, -0.15) is 0 Å². The van der Waals surface area contributed by atoms with Gasteiger partial charge >= 0.3 is 0 Å². The summed E-state index contributed by atoms with van der Waals surface area (Å²) in [6.07, 6.45) is 0. The Balaban J connectivity index is 2.48. The summed E-state index contributed by atoms with van der Waals surface area (Å²) in [5.41, 5.74) is 8.04. The lowest BCUT2D eigenvalue weighted by atomic mass is 10.0. The Morgan fingerprint density at radius 1 is 0.938 bits per heavy atom. The maximum Gasteiger partial charge on any atom is 0.120 e. The average molecular weight is 215 g/mol.